The van der Waals surface area contributed by atoms with Crippen molar-refractivity contribution in [3.05, 3.63) is 72.9 Å². The molecular formula is C41H59CaN3O28+2. The van der Waals surface area contributed by atoms with Gasteiger partial charge in [0, 0.05) is 93.4 Å². The Labute approximate surface area is 445 Å². The monoisotopic (exact) mass is 1080 g/mol. The molecule has 32 heteroatoms. The van der Waals surface area contributed by atoms with Gasteiger partial charge in [-0.3, -0.25) is 4.79 Å². The molecule has 0 saturated carbocycles. The van der Waals surface area contributed by atoms with Crippen LogP contribution in [0.15, 0.2) is 72.9 Å². The van der Waals surface area contributed by atoms with Gasteiger partial charge >= 0.3 is 97.4 Å². The van der Waals surface area contributed by atoms with Gasteiger partial charge in [-0.05, 0) is 25.0 Å². The summed E-state index contributed by atoms with van der Waals surface area (Å²) in [5.74, 6) is -13.3. The Morgan fingerprint density at radius 2 is 0.658 bits per heavy atom. The third-order valence-corrected chi connectivity index (χ3v) is 5.86. The number of allylic oxidation sites excluding steroid dienone is 1. The molecule has 0 bridgehead atoms. The minimum Gasteiger partial charge on any atom is -0.545 e. The van der Waals surface area contributed by atoms with Crippen LogP contribution in [-0.4, -0.2) is 236 Å². The SMILES string of the molecule is O=C(O)/C=C\C(=O)CCCOCCOCCNOC(=O)/C=C\C(=O)O.O=C(O)/C=C\C(=O)O.O=C(O)/C=C\C(=O)O.O=C([O-])/C=C\C(=O)O.[Ca+2].[NH3+]CCCOCCOCCOCCCNOC(=O)/C=C\C(=O)O. The molecule has 0 aliphatic carbocycles. The van der Waals surface area contributed by atoms with E-state index in [0.717, 1.165) is 37.3 Å². The number of carboxylic acid groups (broad SMARTS) is 9. The van der Waals surface area contributed by atoms with Crippen molar-refractivity contribution >= 4 is 109 Å². The van der Waals surface area contributed by atoms with E-state index < -0.39 is 65.7 Å². The maximum atomic E-state index is 11.2. The molecule has 0 rings (SSSR count). The van der Waals surface area contributed by atoms with Gasteiger partial charge in [-0.1, -0.05) is 0 Å². The number of carboxylic acids is 9. The van der Waals surface area contributed by atoms with E-state index in [1.54, 1.807) is 0 Å². The molecule has 0 atom stereocenters. The van der Waals surface area contributed by atoms with Crippen LogP contribution in [0, 0.1) is 0 Å². The van der Waals surface area contributed by atoms with Gasteiger partial charge in [0.25, 0.3) is 0 Å². The average molecular weight is 1080 g/mol. The van der Waals surface area contributed by atoms with E-state index in [4.69, 9.17) is 64.5 Å². The third kappa shape index (κ3) is 92.0. The van der Waals surface area contributed by atoms with Gasteiger partial charge in [0.2, 0.25) is 0 Å². The summed E-state index contributed by atoms with van der Waals surface area (Å²) in [5, 5.41) is 73.4. The third-order valence-electron chi connectivity index (χ3n) is 5.86. The molecule has 0 aromatic carbocycles. The van der Waals surface area contributed by atoms with Gasteiger partial charge in [0.1, 0.15) is 0 Å². The van der Waals surface area contributed by atoms with Crippen LogP contribution in [0.5, 0.6) is 0 Å². The molecule has 0 aliphatic heterocycles. The summed E-state index contributed by atoms with van der Waals surface area (Å²) in [5.41, 5.74) is 8.45. The van der Waals surface area contributed by atoms with Crippen molar-refractivity contribution in [1.82, 2.24) is 11.0 Å². The molecule has 0 aromatic heterocycles. The molecule has 406 valence electrons. The number of hydrogen-bond donors (Lipinski definition) is 11. The first kappa shape index (κ1) is 77.7. The normalized spacial score (nSPS) is 10.4. The number of aliphatic carboxylic acids is 9. The van der Waals surface area contributed by atoms with Crippen molar-refractivity contribution in [3.63, 3.8) is 0 Å². The first-order chi connectivity index (χ1) is 34.0. The van der Waals surface area contributed by atoms with Crippen molar-refractivity contribution in [2.24, 2.45) is 0 Å². The number of hydroxylamine groups is 2. The fourth-order valence-electron chi connectivity index (χ4n) is 3.04. The number of quaternary nitrogens is 1. The van der Waals surface area contributed by atoms with Crippen LogP contribution in [0.1, 0.15) is 25.7 Å². The van der Waals surface area contributed by atoms with Crippen LogP contribution in [0.3, 0.4) is 0 Å². The summed E-state index contributed by atoms with van der Waals surface area (Å²) in [7, 11) is 0. The van der Waals surface area contributed by atoms with Crippen LogP contribution in [-0.2, 0) is 90.9 Å². The Morgan fingerprint density at radius 1 is 0.370 bits per heavy atom. The van der Waals surface area contributed by atoms with E-state index in [1.807, 2.05) is 0 Å². The van der Waals surface area contributed by atoms with Gasteiger partial charge in [-0.25, -0.2) is 47.9 Å². The van der Waals surface area contributed by atoms with Crippen molar-refractivity contribution in [2.75, 3.05) is 85.7 Å². The van der Waals surface area contributed by atoms with Crippen LogP contribution in [0.25, 0.3) is 0 Å². The number of ether oxygens (including phenoxy) is 5. The maximum absolute atomic E-state index is 11.2. The molecule has 0 saturated heterocycles. The molecule has 0 fully saturated rings. The standard InChI is InChI=1S/C15H21NO9.C14H26N2O7.3C4H4O4.Ca/c17-12(3-4-13(18)19)2-1-8-23-10-11-24-9-7-16-25-15(22)6-5-14(20)21;15-5-1-7-20-9-11-22-12-10-21-8-2-6-16-23-14(19)4-3-13(17)18;3*5-3(6)1-2-4(7)8;/h3-6,16H,1-2,7-11H2,(H,18,19)(H,20,21);3-4,16H,1-2,5-12,15H2,(H,17,18);3*1-2H,(H,5,6)(H,7,8);/q;;;;;+2/b4-3-,6-5-;4-3-;3*2-1-;. The average Bonchev–Trinajstić information content (AvgIpc) is 3.30. The molecule has 0 amide bonds. The Balaban J connectivity index is -0.000000212. The largest absolute Gasteiger partial charge is 2.00 e. The van der Waals surface area contributed by atoms with Gasteiger partial charge in [0.05, 0.1) is 71.9 Å². The molecule has 73 heavy (non-hydrogen) atoms. The van der Waals surface area contributed by atoms with Gasteiger partial charge in [-0.15, -0.1) is 0 Å². The molecule has 0 radical (unpaired) electrons. The molecule has 0 unspecified atom stereocenters. The number of ketones is 1. The summed E-state index contributed by atoms with van der Waals surface area (Å²) in [6.45, 7) is 6.05. The van der Waals surface area contributed by atoms with Crippen molar-refractivity contribution in [1.29, 1.82) is 0 Å². The topological polar surface area (TPSA) is 506 Å². The van der Waals surface area contributed by atoms with Gasteiger partial charge in [-0.2, -0.15) is 11.0 Å². The van der Waals surface area contributed by atoms with E-state index in [-0.39, 0.29) is 63.1 Å². The molecule has 13 N–H and O–H groups in total. The number of nitrogens with one attached hydrogen (secondary N) is 2. The van der Waals surface area contributed by atoms with Crippen LogP contribution >= 0.6 is 0 Å². The molecule has 0 aliphatic rings. The smallest absolute Gasteiger partial charge is 0.545 e. The Bertz CT molecular complexity index is 1640. The fourth-order valence-corrected chi connectivity index (χ4v) is 3.04. The van der Waals surface area contributed by atoms with Crippen molar-refractivity contribution in [2.45, 2.75) is 25.7 Å². The zero-order chi connectivity index (χ0) is 55.8. The summed E-state index contributed by atoms with van der Waals surface area (Å²) in [4.78, 5) is 130. The zero-order valence-electron chi connectivity index (χ0n) is 39.1. The second-order valence-electron chi connectivity index (χ2n) is 11.8. The summed E-state index contributed by atoms with van der Waals surface area (Å²) in [6.07, 6.45) is 10.2. The minimum atomic E-state index is -1.51. The van der Waals surface area contributed by atoms with Gasteiger partial charge in [0.15, 0.2) is 5.78 Å². The van der Waals surface area contributed by atoms with Crippen LogP contribution < -0.4 is 21.8 Å². The van der Waals surface area contributed by atoms with Crippen LogP contribution in [0.4, 0.5) is 0 Å². The summed E-state index contributed by atoms with van der Waals surface area (Å²) >= 11 is 0. The molecule has 31 nitrogen and oxygen atoms in total. The van der Waals surface area contributed by atoms with E-state index in [2.05, 4.69) is 26.4 Å². The van der Waals surface area contributed by atoms with E-state index in [9.17, 15) is 62.6 Å². The molecule has 0 heterocycles. The van der Waals surface area contributed by atoms with E-state index >= 15 is 0 Å². The van der Waals surface area contributed by atoms with Crippen molar-refractivity contribution < 1.29 is 143 Å². The minimum absolute atomic E-state index is 0. The second kappa shape index (κ2) is 59.5. The van der Waals surface area contributed by atoms with Crippen LogP contribution in [0.2, 0.25) is 0 Å². The summed E-state index contributed by atoms with van der Waals surface area (Å²) in [6, 6.07) is 0. The fraction of sp³-hybridized carbons (Fsp3) is 0.415. The predicted molar refractivity (Wildman–Crippen MR) is 240 cm³/mol. The number of hydrogen-bond acceptors (Lipinski definition) is 22. The Kier molecular flexibility index (Phi) is 63.3. The maximum Gasteiger partial charge on any atom is 2.00 e. The van der Waals surface area contributed by atoms with Gasteiger partial charge < -0.3 is 89.8 Å². The summed E-state index contributed by atoms with van der Waals surface area (Å²) < 4.78 is 26.3. The Morgan fingerprint density at radius 3 is 1.00 bits per heavy atom. The first-order valence-corrected chi connectivity index (χ1v) is 20.2. The predicted octanol–water partition coefficient (Wildman–Crippen LogP) is -4.13. The quantitative estimate of drug-likeness (QED) is 0.0122. The molecular weight excluding hydrogens is 1020 g/mol. The molecule has 0 aromatic rings. The second-order valence-corrected chi connectivity index (χ2v) is 11.8. The van der Waals surface area contributed by atoms with E-state index in [1.165, 1.54) is 0 Å². The Hall–Kier alpha value is -6.78. The number of carbonyl (C=O) groups is 12. The first-order valence-electron chi connectivity index (χ1n) is 20.2. The van der Waals surface area contributed by atoms with E-state index in [0.29, 0.717) is 127 Å². The molecule has 0 spiro atoms. The number of carbonyl (C=O) groups excluding carboxylic acids is 4. The number of rotatable bonds is 37. The zero-order valence-corrected chi connectivity index (χ0v) is 41.3. The van der Waals surface area contributed by atoms with Crippen molar-refractivity contribution in [3.8, 4) is 0 Å².